The van der Waals surface area contributed by atoms with E-state index in [4.69, 9.17) is 5.26 Å². The molecule has 0 fully saturated rings. The van der Waals surface area contributed by atoms with Gasteiger partial charge in [0.25, 0.3) is 17.5 Å². The second-order valence-electron chi connectivity index (χ2n) is 4.25. The summed E-state index contributed by atoms with van der Waals surface area (Å²) in [6.45, 7) is 0. The maximum absolute atomic E-state index is 12.2. The van der Waals surface area contributed by atoms with Crippen molar-refractivity contribution in [2.45, 2.75) is 6.04 Å². The Morgan fingerprint density at radius 2 is 2.14 bits per heavy atom. The fourth-order valence-electron chi connectivity index (χ4n) is 1.69. The third-order valence-corrected chi connectivity index (χ3v) is 3.43. The summed E-state index contributed by atoms with van der Waals surface area (Å²) in [4.78, 5) is 35.3. The molecule has 116 valence electrons. The van der Waals surface area contributed by atoms with Gasteiger partial charge in [0.15, 0.2) is 6.19 Å². The van der Waals surface area contributed by atoms with Crippen LogP contribution in [0.1, 0.15) is 10.4 Å². The number of likely N-dealkylation sites (N-methyl/N-ethyl adjacent to an activating group) is 1. The summed E-state index contributed by atoms with van der Waals surface area (Å²) in [5.41, 5.74) is -0.477. The molecule has 1 aromatic carbocycles. The number of rotatable bonds is 6. The number of hydrogen-bond acceptors (Lipinski definition) is 6. The zero-order valence-electron chi connectivity index (χ0n) is 12.0. The minimum atomic E-state index is -0.938. The molecule has 0 saturated carbocycles. The Labute approximate surface area is 131 Å². The third kappa shape index (κ3) is 4.20. The van der Waals surface area contributed by atoms with Crippen LogP contribution in [0.4, 0.5) is 5.69 Å². The lowest BCUT2D eigenvalue weighted by molar-refractivity contribution is -0.385. The van der Waals surface area contributed by atoms with Crippen LogP contribution in [0.3, 0.4) is 0 Å². The molecule has 1 atom stereocenters. The van der Waals surface area contributed by atoms with Gasteiger partial charge in [-0.3, -0.25) is 24.6 Å². The van der Waals surface area contributed by atoms with Crippen molar-refractivity contribution in [3.8, 4) is 6.19 Å². The average molecular weight is 322 g/mol. The molecule has 0 saturated heterocycles. The zero-order valence-corrected chi connectivity index (χ0v) is 12.8. The van der Waals surface area contributed by atoms with E-state index in [9.17, 15) is 19.7 Å². The van der Waals surface area contributed by atoms with Gasteiger partial charge in [-0.2, -0.15) is 17.0 Å². The van der Waals surface area contributed by atoms with Gasteiger partial charge in [0, 0.05) is 18.9 Å². The van der Waals surface area contributed by atoms with Crippen LogP contribution in [-0.2, 0) is 4.79 Å². The molecule has 0 aliphatic rings. The Morgan fingerprint density at radius 3 is 2.68 bits per heavy atom. The van der Waals surface area contributed by atoms with Gasteiger partial charge in [0.05, 0.1) is 4.92 Å². The highest BCUT2D eigenvalue weighted by atomic mass is 32.2. The number of hydrogen-bond donors (Lipinski definition) is 1. The fourth-order valence-corrected chi connectivity index (χ4v) is 2.24. The van der Waals surface area contributed by atoms with Gasteiger partial charge in [-0.25, -0.2) is 0 Å². The van der Waals surface area contributed by atoms with Crippen LogP contribution < -0.4 is 5.32 Å². The van der Waals surface area contributed by atoms with Crippen molar-refractivity contribution in [1.29, 1.82) is 5.26 Å². The van der Waals surface area contributed by atoms with Crippen molar-refractivity contribution < 1.29 is 14.5 Å². The maximum atomic E-state index is 12.2. The molecule has 0 spiro atoms. The lowest BCUT2D eigenvalue weighted by Gasteiger charge is -2.19. The summed E-state index contributed by atoms with van der Waals surface area (Å²) in [5, 5.41) is 22.1. The van der Waals surface area contributed by atoms with Gasteiger partial charge < -0.3 is 5.32 Å². The first kappa shape index (κ1) is 17.5. The molecule has 0 aliphatic carbocycles. The van der Waals surface area contributed by atoms with E-state index < -0.39 is 22.8 Å². The molecule has 0 heterocycles. The normalized spacial score (nSPS) is 11.1. The SMILES string of the molecule is CSCC(NC(=O)c1ccccc1[N+](=O)[O-])C(=O)N(C)C#N. The minimum Gasteiger partial charge on any atom is -0.339 e. The number of para-hydroxylation sites is 1. The van der Waals surface area contributed by atoms with Crippen molar-refractivity contribution in [2.75, 3.05) is 19.1 Å². The number of nitrogens with zero attached hydrogens (tertiary/aromatic N) is 3. The van der Waals surface area contributed by atoms with Crippen LogP contribution in [-0.4, -0.2) is 46.7 Å². The Kier molecular flexibility index (Phi) is 6.34. The largest absolute Gasteiger partial charge is 0.339 e. The van der Waals surface area contributed by atoms with E-state index >= 15 is 0 Å². The van der Waals surface area contributed by atoms with Crippen molar-refractivity contribution in [3.63, 3.8) is 0 Å². The fraction of sp³-hybridized carbons (Fsp3) is 0.308. The first-order valence-corrected chi connectivity index (χ1v) is 7.52. The van der Waals surface area contributed by atoms with Crippen LogP contribution in [0.25, 0.3) is 0 Å². The lowest BCUT2D eigenvalue weighted by Crippen LogP contribution is -2.47. The van der Waals surface area contributed by atoms with Crippen molar-refractivity contribution in [1.82, 2.24) is 10.2 Å². The summed E-state index contributed by atoms with van der Waals surface area (Å²) < 4.78 is 0. The van der Waals surface area contributed by atoms with Crippen molar-refractivity contribution in [3.05, 3.63) is 39.9 Å². The molecule has 0 bridgehead atoms. The molecular formula is C13H14N4O4S. The molecule has 0 aromatic heterocycles. The number of nitro groups is 1. The Hall–Kier alpha value is -2.60. The zero-order chi connectivity index (χ0) is 16.7. The molecule has 1 N–H and O–H groups in total. The maximum Gasteiger partial charge on any atom is 0.282 e. The second-order valence-corrected chi connectivity index (χ2v) is 5.16. The molecule has 1 unspecified atom stereocenters. The smallest absolute Gasteiger partial charge is 0.282 e. The van der Waals surface area contributed by atoms with E-state index in [2.05, 4.69) is 5.32 Å². The van der Waals surface area contributed by atoms with Crippen LogP contribution in [0.2, 0.25) is 0 Å². The number of carbonyl (C=O) groups is 2. The molecule has 1 rings (SSSR count). The molecule has 0 aliphatic heterocycles. The molecule has 0 radical (unpaired) electrons. The predicted octanol–water partition coefficient (Wildman–Crippen LogP) is 0.996. The monoisotopic (exact) mass is 322 g/mol. The number of carbonyl (C=O) groups excluding carboxylic acids is 2. The van der Waals surface area contributed by atoms with Gasteiger partial charge in [0.2, 0.25) is 0 Å². The lowest BCUT2D eigenvalue weighted by atomic mass is 10.1. The predicted molar refractivity (Wildman–Crippen MR) is 81.1 cm³/mol. The Morgan fingerprint density at radius 1 is 1.50 bits per heavy atom. The minimum absolute atomic E-state index is 0.133. The van der Waals surface area contributed by atoms with E-state index in [1.807, 2.05) is 0 Å². The number of nitriles is 1. The molecule has 8 nitrogen and oxygen atoms in total. The number of nitro benzene ring substituents is 1. The second kappa shape index (κ2) is 7.99. The number of amides is 2. The Balaban J connectivity index is 3.00. The van der Waals surface area contributed by atoms with Crippen LogP contribution in [0, 0.1) is 21.6 Å². The first-order valence-electron chi connectivity index (χ1n) is 6.12. The molecule has 9 heteroatoms. The standard InChI is InChI=1S/C13H14N4O4S/c1-16(8-14)13(19)10(7-22-2)15-12(18)9-5-3-4-6-11(9)17(20)21/h3-6,10H,7H2,1-2H3,(H,15,18). The van der Waals surface area contributed by atoms with Gasteiger partial charge in [-0.05, 0) is 12.3 Å². The van der Waals surface area contributed by atoms with E-state index in [1.165, 1.54) is 43.1 Å². The summed E-state index contributed by atoms with van der Waals surface area (Å²) in [6.07, 6.45) is 3.40. The number of benzene rings is 1. The van der Waals surface area contributed by atoms with Crippen LogP contribution in [0.15, 0.2) is 24.3 Å². The van der Waals surface area contributed by atoms with Gasteiger partial charge in [-0.15, -0.1) is 0 Å². The first-order chi connectivity index (χ1) is 10.4. The molecular weight excluding hydrogens is 308 g/mol. The number of thioether (sulfide) groups is 1. The summed E-state index contributed by atoms with van der Waals surface area (Å²) in [6, 6.07) is 4.52. The topological polar surface area (TPSA) is 116 Å². The highest BCUT2D eigenvalue weighted by Gasteiger charge is 2.27. The molecule has 2 amide bonds. The molecule has 1 aromatic rings. The van der Waals surface area contributed by atoms with Gasteiger partial charge >= 0.3 is 0 Å². The van der Waals surface area contributed by atoms with E-state index in [1.54, 1.807) is 12.4 Å². The summed E-state index contributed by atoms with van der Waals surface area (Å²) in [7, 11) is 1.28. The highest BCUT2D eigenvalue weighted by molar-refractivity contribution is 7.98. The van der Waals surface area contributed by atoms with Gasteiger partial charge in [0.1, 0.15) is 11.6 Å². The van der Waals surface area contributed by atoms with E-state index in [0.717, 1.165) is 4.90 Å². The van der Waals surface area contributed by atoms with E-state index in [0.29, 0.717) is 0 Å². The third-order valence-electron chi connectivity index (χ3n) is 2.76. The highest BCUT2D eigenvalue weighted by Crippen LogP contribution is 2.17. The summed E-state index contributed by atoms with van der Waals surface area (Å²) >= 11 is 1.31. The molecule has 22 heavy (non-hydrogen) atoms. The van der Waals surface area contributed by atoms with Crippen LogP contribution in [0.5, 0.6) is 0 Å². The van der Waals surface area contributed by atoms with Crippen molar-refractivity contribution in [2.24, 2.45) is 0 Å². The van der Waals surface area contributed by atoms with Crippen molar-refractivity contribution >= 4 is 29.3 Å². The van der Waals surface area contributed by atoms with Crippen LogP contribution >= 0.6 is 11.8 Å². The quantitative estimate of drug-likeness (QED) is 0.361. The van der Waals surface area contributed by atoms with E-state index in [-0.39, 0.29) is 17.0 Å². The average Bonchev–Trinajstić information content (AvgIpc) is 2.52. The Bertz CT molecular complexity index is 629. The van der Waals surface area contributed by atoms with Gasteiger partial charge in [-0.1, -0.05) is 12.1 Å². The summed E-state index contributed by atoms with van der Waals surface area (Å²) in [5.74, 6) is -1.06. The number of nitrogens with one attached hydrogen (secondary N) is 1.